The van der Waals surface area contributed by atoms with Crippen molar-refractivity contribution < 1.29 is 5.11 Å². The Morgan fingerprint density at radius 2 is 1.73 bits per heavy atom. The third-order valence-electron chi connectivity index (χ3n) is 5.16. The summed E-state index contributed by atoms with van der Waals surface area (Å²) in [7, 11) is 0. The first-order valence-electron chi connectivity index (χ1n) is 9.77. The lowest BCUT2D eigenvalue weighted by molar-refractivity contribution is 0.0786. The lowest BCUT2D eigenvalue weighted by Gasteiger charge is -2.19. The second-order valence-electron chi connectivity index (χ2n) is 7.85. The molecule has 152 valence electrons. The van der Waals surface area contributed by atoms with E-state index < -0.39 is 5.60 Å². The number of aliphatic hydroxyl groups is 1. The Labute approximate surface area is 180 Å². The van der Waals surface area contributed by atoms with Gasteiger partial charge in [-0.15, -0.1) is 0 Å². The number of hydrogen-bond acceptors (Lipinski definition) is 5. The van der Waals surface area contributed by atoms with Gasteiger partial charge in [-0.1, -0.05) is 41.9 Å². The summed E-state index contributed by atoms with van der Waals surface area (Å²) in [5.41, 5.74) is 4.66. The average Bonchev–Trinajstić information content (AvgIpc) is 2.75. The smallest absolute Gasteiger partial charge is 0.115 e. The molecule has 0 radical (unpaired) electrons. The predicted octanol–water partition coefficient (Wildman–Crippen LogP) is 5.75. The maximum absolute atomic E-state index is 10.2. The zero-order chi connectivity index (χ0) is 21.3. The van der Waals surface area contributed by atoms with E-state index in [4.69, 9.17) is 11.6 Å². The van der Waals surface area contributed by atoms with Crippen molar-refractivity contribution in [2.75, 3.05) is 5.32 Å². The largest absolute Gasteiger partial charge is 0.386 e. The van der Waals surface area contributed by atoms with E-state index in [0.717, 1.165) is 39.0 Å². The minimum atomic E-state index is -0.867. The number of nitrogens with zero attached hydrogens (tertiary/aromatic N) is 3. The lowest BCUT2D eigenvalue weighted by Crippen LogP contribution is -2.14. The summed E-state index contributed by atoms with van der Waals surface area (Å²) in [6, 6.07) is 15.9. The first-order valence-corrected chi connectivity index (χ1v) is 10.1. The van der Waals surface area contributed by atoms with Crippen LogP contribution in [0.4, 0.5) is 5.69 Å². The SMILES string of the molecule is CC(Nc1c(Cl)cnc2ccc(-c3ccc(C(C)(C)O)cc3)cc12)c1ccncn1. The van der Waals surface area contributed by atoms with Crippen molar-refractivity contribution in [2.24, 2.45) is 0 Å². The van der Waals surface area contributed by atoms with Crippen molar-refractivity contribution in [1.29, 1.82) is 0 Å². The Kier molecular flexibility index (Phi) is 5.41. The van der Waals surface area contributed by atoms with Crippen LogP contribution in [0.1, 0.15) is 38.1 Å². The van der Waals surface area contributed by atoms with Gasteiger partial charge < -0.3 is 10.4 Å². The molecule has 1 atom stereocenters. The number of nitrogens with one attached hydrogen (secondary N) is 1. The number of pyridine rings is 1. The van der Waals surface area contributed by atoms with E-state index in [0.29, 0.717) is 5.02 Å². The Hall–Kier alpha value is -3.02. The molecule has 0 spiro atoms. The van der Waals surface area contributed by atoms with Gasteiger partial charge in [-0.3, -0.25) is 4.98 Å². The van der Waals surface area contributed by atoms with Crippen molar-refractivity contribution in [1.82, 2.24) is 15.0 Å². The van der Waals surface area contributed by atoms with Gasteiger partial charge in [0.2, 0.25) is 0 Å². The molecule has 0 aliphatic carbocycles. The van der Waals surface area contributed by atoms with Crippen LogP contribution >= 0.6 is 11.6 Å². The van der Waals surface area contributed by atoms with Crippen LogP contribution < -0.4 is 5.32 Å². The van der Waals surface area contributed by atoms with Gasteiger partial charge in [-0.2, -0.15) is 0 Å². The molecule has 0 fully saturated rings. The minimum Gasteiger partial charge on any atom is -0.386 e. The highest BCUT2D eigenvalue weighted by atomic mass is 35.5. The number of hydrogen-bond donors (Lipinski definition) is 2. The van der Waals surface area contributed by atoms with Crippen molar-refractivity contribution in [3.05, 3.63) is 83.5 Å². The molecule has 6 heteroatoms. The van der Waals surface area contributed by atoms with Crippen LogP contribution in [0.15, 0.2) is 67.3 Å². The molecule has 0 bridgehead atoms. The quantitative estimate of drug-likeness (QED) is 0.432. The predicted molar refractivity (Wildman–Crippen MR) is 122 cm³/mol. The van der Waals surface area contributed by atoms with Crippen molar-refractivity contribution in [3.63, 3.8) is 0 Å². The van der Waals surface area contributed by atoms with Gasteiger partial charge in [0.15, 0.2) is 0 Å². The number of rotatable bonds is 5. The maximum Gasteiger partial charge on any atom is 0.115 e. The molecule has 0 saturated carbocycles. The zero-order valence-corrected chi connectivity index (χ0v) is 17.9. The summed E-state index contributed by atoms with van der Waals surface area (Å²) in [4.78, 5) is 12.8. The van der Waals surface area contributed by atoms with Crippen LogP contribution in [-0.4, -0.2) is 20.1 Å². The molecule has 2 aromatic heterocycles. The topological polar surface area (TPSA) is 70.9 Å². The van der Waals surface area contributed by atoms with Crippen LogP contribution in [0.2, 0.25) is 5.02 Å². The third-order valence-corrected chi connectivity index (χ3v) is 5.44. The van der Waals surface area contributed by atoms with E-state index in [-0.39, 0.29) is 6.04 Å². The number of fused-ring (bicyclic) bond motifs is 1. The molecule has 4 rings (SSSR count). The fraction of sp³-hybridized carbons (Fsp3) is 0.208. The highest BCUT2D eigenvalue weighted by molar-refractivity contribution is 6.34. The first kappa shape index (κ1) is 20.3. The summed E-state index contributed by atoms with van der Waals surface area (Å²) >= 11 is 6.52. The minimum absolute atomic E-state index is 0.0502. The lowest BCUT2D eigenvalue weighted by atomic mass is 9.95. The number of halogens is 1. The van der Waals surface area contributed by atoms with Gasteiger partial charge in [0.25, 0.3) is 0 Å². The summed E-state index contributed by atoms with van der Waals surface area (Å²) in [5, 5.41) is 15.2. The highest BCUT2D eigenvalue weighted by Crippen LogP contribution is 2.35. The third kappa shape index (κ3) is 4.13. The summed E-state index contributed by atoms with van der Waals surface area (Å²) in [5.74, 6) is 0. The molecular weight excluding hydrogens is 396 g/mol. The normalized spacial score (nSPS) is 12.7. The molecule has 30 heavy (non-hydrogen) atoms. The zero-order valence-electron chi connectivity index (χ0n) is 17.1. The van der Waals surface area contributed by atoms with E-state index in [1.807, 2.05) is 49.4 Å². The molecule has 0 saturated heterocycles. The second-order valence-corrected chi connectivity index (χ2v) is 8.26. The van der Waals surface area contributed by atoms with Crippen LogP contribution in [0.25, 0.3) is 22.0 Å². The highest BCUT2D eigenvalue weighted by Gasteiger charge is 2.16. The van der Waals surface area contributed by atoms with E-state index in [1.165, 1.54) is 6.33 Å². The van der Waals surface area contributed by atoms with Crippen molar-refractivity contribution in [3.8, 4) is 11.1 Å². The van der Waals surface area contributed by atoms with Crippen LogP contribution in [0.3, 0.4) is 0 Å². The van der Waals surface area contributed by atoms with E-state index in [2.05, 4.69) is 26.3 Å². The van der Waals surface area contributed by atoms with Crippen LogP contribution in [-0.2, 0) is 5.60 Å². The summed E-state index contributed by atoms with van der Waals surface area (Å²) < 4.78 is 0. The van der Waals surface area contributed by atoms with E-state index in [9.17, 15) is 5.11 Å². The van der Waals surface area contributed by atoms with Crippen LogP contribution in [0, 0.1) is 0 Å². The maximum atomic E-state index is 10.2. The average molecular weight is 419 g/mol. The van der Waals surface area contributed by atoms with Gasteiger partial charge in [-0.25, -0.2) is 9.97 Å². The summed E-state index contributed by atoms with van der Waals surface area (Å²) in [6.07, 6.45) is 4.92. The molecule has 0 aliphatic heterocycles. The van der Waals surface area contributed by atoms with Gasteiger partial charge in [0, 0.05) is 17.8 Å². The van der Waals surface area contributed by atoms with Crippen molar-refractivity contribution in [2.45, 2.75) is 32.4 Å². The fourth-order valence-electron chi connectivity index (χ4n) is 3.41. The molecule has 0 aliphatic rings. The molecule has 2 N–H and O–H groups in total. The van der Waals surface area contributed by atoms with Crippen molar-refractivity contribution >= 4 is 28.2 Å². The van der Waals surface area contributed by atoms with Gasteiger partial charge >= 0.3 is 0 Å². The molecule has 2 aromatic carbocycles. The molecule has 5 nitrogen and oxygen atoms in total. The standard InChI is InChI=1S/C24H23ClN4O/c1-15(21-10-11-26-14-28-21)29-23-19-12-17(6-9-22(19)27-13-20(23)25)16-4-7-18(8-5-16)24(2,3)30/h4-15,30H,1-3H3,(H,27,29). The summed E-state index contributed by atoms with van der Waals surface area (Å²) in [6.45, 7) is 5.59. The first-order chi connectivity index (χ1) is 14.3. The monoisotopic (exact) mass is 418 g/mol. The second kappa shape index (κ2) is 8.01. The fourth-order valence-corrected chi connectivity index (χ4v) is 3.62. The molecular formula is C24H23ClN4O. The Bertz CT molecular complexity index is 1170. The molecule has 0 amide bonds. The molecule has 1 unspecified atom stereocenters. The molecule has 2 heterocycles. The number of anilines is 1. The Morgan fingerprint density at radius 3 is 2.40 bits per heavy atom. The van der Waals surface area contributed by atoms with Gasteiger partial charge in [0.05, 0.1) is 33.6 Å². The number of aromatic nitrogens is 3. The van der Waals surface area contributed by atoms with Gasteiger partial charge in [0.1, 0.15) is 6.33 Å². The molecule has 4 aromatic rings. The number of benzene rings is 2. The Balaban J connectivity index is 1.74. The van der Waals surface area contributed by atoms with E-state index in [1.54, 1.807) is 26.2 Å². The van der Waals surface area contributed by atoms with Crippen LogP contribution in [0.5, 0.6) is 0 Å². The van der Waals surface area contributed by atoms with E-state index >= 15 is 0 Å². The van der Waals surface area contributed by atoms with Gasteiger partial charge in [-0.05, 0) is 55.7 Å². The Morgan fingerprint density at radius 1 is 1.00 bits per heavy atom.